The second-order valence-corrected chi connectivity index (χ2v) is 4.28. The summed E-state index contributed by atoms with van der Waals surface area (Å²) in [5, 5.41) is 0. The molecule has 1 atom stereocenters. The highest BCUT2D eigenvalue weighted by molar-refractivity contribution is 6.18. The summed E-state index contributed by atoms with van der Waals surface area (Å²) in [4.78, 5) is 24.1. The quantitative estimate of drug-likeness (QED) is 0.635. The van der Waals surface area contributed by atoms with Crippen molar-refractivity contribution >= 4 is 17.7 Å². The minimum absolute atomic E-state index is 0.0469. The Labute approximate surface area is 93.2 Å². The average molecular weight is 219 g/mol. The summed E-state index contributed by atoms with van der Waals surface area (Å²) in [5.74, 6) is 1.45. The number of urea groups is 1. The number of rotatable bonds is 0. The summed E-state index contributed by atoms with van der Waals surface area (Å²) in [7, 11) is 3.66. The van der Waals surface area contributed by atoms with E-state index in [-0.39, 0.29) is 12.1 Å². The van der Waals surface area contributed by atoms with Gasteiger partial charge in [-0.1, -0.05) is 0 Å². The number of aromatic nitrogens is 2. The third-order valence-corrected chi connectivity index (χ3v) is 3.01. The Bertz CT molecular complexity index is 503. The number of hydrogen-bond acceptors (Lipinski definition) is 3. The number of aryl methyl sites for hydroxylation is 1. The van der Waals surface area contributed by atoms with Crippen LogP contribution in [0.5, 0.6) is 0 Å². The number of aliphatic imine (C=N–C) groups is 1. The van der Waals surface area contributed by atoms with Gasteiger partial charge in [0.25, 0.3) is 0 Å². The lowest BCUT2D eigenvalue weighted by atomic mass is 10.3. The molecule has 0 bridgehead atoms. The molecule has 0 N–H and O–H groups in total. The van der Waals surface area contributed by atoms with Crippen LogP contribution in [-0.4, -0.2) is 46.0 Å². The van der Waals surface area contributed by atoms with Gasteiger partial charge in [-0.05, 0) is 6.92 Å². The molecule has 2 amide bonds. The predicted molar refractivity (Wildman–Crippen MR) is 59.7 cm³/mol. The first-order valence-electron chi connectivity index (χ1n) is 5.24. The van der Waals surface area contributed by atoms with Crippen molar-refractivity contribution in [1.29, 1.82) is 0 Å². The monoisotopic (exact) mass is 219 g/mol. The molecule has 6 heteroatoms. The van der Waals surface area contributed by atoms with Gasteiger partial charge in [-0.3, -0.25) is 14.8 Å². The molecular formula is C10H13N5O. The first-order chi connectivity index (χ1) is 7.59. The van der Waals surface area contributed by atoms with Crippen LogP contribution in [0.3, 0.4) is 0 Å². The zero-order valence-corrected chi connectivity index (χ0v) is 9.51. The van der Waals surface area contributed by atoms with Gasteiger partial charge < -0.3 is 4.57 Å². The Kier molecular flexibility index (Phi) is 1.66. The maximum absolute atomic E-state index is 12.0. The third kappa shape index (κ3) is 0.986. The Balaban J connectivity index is 2.24. The van der Waals surface area contributed by atoms with E-state index in [1.807, 2.05) is 18.5 Å². The van der Waals surface area contributed by atoms with Crippen molar-refractivity contribution in [2.24, 2.45) is 12.0 Å². The van der Waals surface area contributed by atoms with Crippen LogP contribution >= 0.6 is 0 Å². The molecule has 1 aromatic rings. The maximum atomic E-state index is 12.0. The largest absolute Gasteiger partial charge is 0.331 e. The topological polar surface area (TPSA) is 53.7 Å². The van der Waals surface area contributed by atoms with E-state index >= 15 is 0 Å². The van der Waals surface area contributed by atoms with E-state index in [4.69, 9.17) is 0 Å². The smallest absolute Gasteiger partial charge is 0.329 e. The van der Waals surface area contributed by atoms with Crippen LogP contribution in [-0.2, 0) is 7.05 Å². The van der Waals surface area contributed by atoms with Gasteiger partial charge in [0.05, 0.1) is 18.9 Å². The van der Waals surface area contributed by atoms with E-state index in [1.165, 1.54) is 0 Å². The van der Waals surface area contributed by atoms with E-state index in [0.29, 0.717) is 12.4 Å². The lowest BCUT2D eigenvalue weighted by Crippen LogP contribution is -2.49. The highest BCUT2D eigenvalue weighted by atomic mass is 16.2. The van der Waals surface area contributed by atoms with Crippen LogP contribution in [0.1, 0.15) is 12.6 Å². The van der Waals surface area contributed by atoms with Crippen LogP contribution < -0.4 is 4.90 Å². The summed E-state index contributed by atoms with van der Waals surface area (Å²) in [6.07, 6.45) is 1.71. The normalized spacial score (nSPS) is 23.3. The zero-order chi connectivity index (χ0) is 11.4. The highest BCUT2D eigenvalue weighted by Crippen LogP contribution is 2.29. The number of hydrogen-bond donors (Lipinski definition) is 0. The maximum Gasteiger partial charge on any atom is 0.331 e. The number of amides is 2. The standard InChI is InChI=1S/C10H13N5O/c1-6-4-15-9(12-6)7-8(11-5-13(7)2)14(3)10(15)16/h5-6H,4H2,1-3H3/t6-/m0/s1. The van der Waals surface area contributed by atoms with E-state index in [9.17, 15) is 4.79 Å². The summed E-state index contributed by atoms with van der Waals surface area (Å²) in [5.41, 5.74) is 0.923. The fraction of sp³-hybridized carbons (Fsp3) is 0.500. The molecule has 3 rings (SSSR count). The van der Waals surface area contributed by atoms with Gasteiger partial charge in [0.2, 0.25) is 0 Å². The van der Waals surface area contributed by atoms with E-state index in [1.54, 1.807) is 23.2 Å². The van der Waals surface area contributed by atoms with Gasteiger partial charge in [-0.15, -0.1) is 0 Å². The van der Waals surface area contributed by atoms with Crippen molar-refractivity contribution < 1.29 is 4.79 Å². The number of anilines is 1. The minimum Gasteiger partial charge on any atom is -0.329 e. The van der Waals surface area contributed by atoms with Crippen molar-refractivity contribution in [1.82, 2.24) is 14.5 Å². The van der Waals surface area contributed by atoms with Gasteiger partial charge in [-0.2, -0.15) is 0 Å². The molecule has 0 unspecified atom stereocenters. The van der Waals surface area contributed by atoms with Crippen molar-refractivity contribution in [2.75, 3.05) is 18.5 Å². The lowest BCUT2D eigenvalue weighted by molar-refractivity contribution is 0.228. The predicted octanol–water partition coefficient (Wildman–Crippen LogP) is 0.441. The number of imidazole rings is 1. The van der Waals surface area contributed by atoms with Gasteiger partial charge in [0.1, 0.15) is 5.69 Å². The molecule has 2 aliphatic rings. The number of amidine groups is 1. The van der Waals surface area contributed by atoms with Crippen LogP contribution in [0, 0.1) is 0 Å². The van der Waals surface area contributed by atoms with Gasteiger partial charge in [0.15, 0.2) is 11.7 Å². The molecular weight excluding hydrogens is 206 g/mol. The van der Waals surface area contributed by atoms with Crippen LogP contribution in [0.2, 0.25) is 0 Å². The molecule has 16 heavy (non-hydrogen) atoms. The SMILES string of the molecule is C[C@H]1CN2C(=O)N(C)c3ncn(C)c3C2=N1. The Morgan fingerprint density at radius 3 is 2.94 bits per heavy atom. The molecule has 0 saturated carbocycles. The Hall–Kier alpha value is -1.85. The zero-order valence-electron chi connectivity index (χ0n) is 9.51. The Morgan fingerprint density at radius 2 is 2.19 bits per heavy atom. The average Bonchev–Trinajstić information content (AvgIpc) is 2.78. The lowest BCUT2D eigenvalue weighted by Gasteiger charge is -2.30. The third-order valence-electron chi connectivity index (χ3n) is 3.01. The molecule has 6 nitrogen and oxygen atoms in total. The van der Waals surface area contributed by atoms with Gasteiger partial charge in [0, 0.05) is 14.1 Å². The van der Waals surface area contributed by atoms with Gasteiger partial charge in [-0.25, -0.2) is 9.78 Å². The first kappa shape index (κ1) is 9.38. The van der Waals surface area contributed by atoms with Crippen LogP contribution in [0.4, 0.5) is 10.6 Å². The van der Waals surface area contributed by atoms with Crippen molar-refractivity contribution in [3.8, 4) is 0 Å². The molecule has 0 radical (unpaired) electrons. The minimum atomic E-state index is -0.0469. The Morgan fingerprint density at radius 1 is 1.44 bits per heavy atom. The number of fused-ring (bicyclic) bond motifs is 3. The second kappa shape index (κ2) is 2.84. The molecule has 0 aliphatic carbocycles. The molecule has 0 spiro atoms. The second-order valence-electron chi connectivity index (χ2n) is 4.28. The first-order valence-corrected chi connectivity index (χ1v) is 5.24. The van der Waals surface area contributed by atoms with E-state index < -0.39 is 0 Å². The molecule has 0 fully saturated rings. The fourth-order valence-corrected chi connectivity index (χ4v) is 2.22. The van der Waals surface area contributed by atoms with E-state index in [0.717, 1.165) is 11.5 Å². The van der Waals surface area contributed by atoms with Crippen molar-refractivity contribution in [2.45, 2.75) is 13.0 Å². The molecule has 2 aliphatic heterocycles. The van der Waals surface area contributed by atoms with Crippen LogP contribution in [0.15, 0.2) is 11.3 Å². The van der Waals surface area contributed by atoms with E-state index in [2.05, 4.69) is 9.98 Å². The molecule has 1 aromatic heterocycles. The molecule has 3 heterocycles. The number of carbonyl (C=O) groups is 1. The molecule has 0 saturated heterocycles. The van der Waals surface area contributed by atoms with Gasteiger partial charge >= 0.3 is 6.03 Å². The summed E-state index contributed by atoms with van der Waals surface area (Å²) in [6.45, 7) is 2.66. The summed E-state index contributed by atoms with van der Waals surface area (Å²) >= 11 is 0. The van der Waals surface area contributed by atoms with Crippen molar-refractivity contribution in [3.05, 3.63) is 12.0 Å². The number of nitrogens with zero attached hydrogens (tertiary/aromatic N) is 5. The van der Waals surface area contributed by atoms with Crippen LogP contribution in [0.25, 0.3) is 0 Å². The molecule has 84 valence electrons. The fourth-order valence-electron chi connectivity index (χ4n) is 2.22. The molecule has 0 aromatic carbocycles. The summed E-state index contributed by atoms with van der Waals surface area (Å²) in [6, 6.07) is 0.113. The summed E-state index contributed by atoms with van der Waals surface area (Å²) < 4.78 is 1.90. The number of carbonyl (C=O) groups excluding carboxylic acids is 1. The highest BCUT2D eigenvalue weighted by Gasteiger charge is 2.40. The van der Waals surface area contributed by atoms with Crippen molar-refractivity contribution in [3.63, 3.8) is 0 Å².